The summed E-state index contributed by atoms with van der Waals surface area (Å²) in [6, 6.07) is 12.8. The average Bonchev–Trinajstić information content (AvgIpc) is 2.83. The summed E-state index contributed by atoms with van der Waals surface area (Å²) in [5, 5.41) is 7.12. The number of hydrogen-bond acceptors (Lipinski definition) is 6. The summed E-state index contributed by atoms with van der Waals surface area (Å²) in [4.78, 5) is 35.4. The summed E-state index contributed by atoms with van der Waals surface area (Å²) in [6.07, 6.45) is 4.03. The van der Waals surface area contributed by atoms with Crippen LogP contribution in [0.25, 0.3) is 10.9 Å². The van der Waals surface area contributed by atoms with Gasteiger partial charge in [0.15, 0.2) is 0 Å². The lowest BCUT2D eigenvalue weighted by molar-refractivity contribution is -0.115. The van der Waals surface area contributed by atoms with E-state index in [1.165, 1.54) is 0 Å². The first-order chi connectivity index (χ1) is 15.6. The van der Waals surface area contributed by atoms with Gasteiger partial charge in [-0.3, -0.25) is 9.59 Å². The van der Waals surface area contributed by atoms with E-state index in [4.69, 9.17) is 4.74 Å². The van der Waals surface area contributed by atoms with Crippen molar-refractivity contribution in [2.45, 2.75) is 32.2 Å². The van der Waals surface area contributed by atoms with E-state index in [1.54, 1.807) is 44.5 Å². The fraction of sp³-hybridized carbons (Fsp3) is 0.333. The number of fused-ring (bicyclic) bond motifs is 1. The average molecular weight is 434 g/mol. The number of amides is 2. The summed E-state index contributed by atoms with van der Waals surface area (Å²) in [5.41, 5.74) is 2.10. The molecule has 8 heteroatoms. The summed E-state index contributed by atoms with van der Waals surface area (Å²) >= 11 is 0. The van der Waals surface area contributed by atoms with Crippen LogP contribution in [0.1, 0.15) is 36.5 Å². The Morgan fingerprint density at radius 1 is 1.19 bits per heavy atom. The molecule has 2 aromatic carbocycles. The molecule has 0 bridgehead atoms. The van der Waals surface area contributed by atoms with Gasteiger partial charge in [-0.1, -0.05) is 6.92 Å². The highest BCUT2D eigenvalue weighted by Crippen LogP contribution is 2.21. The number of piperidine rings is 1. The van der Waals surface area contributed by atoms with Gasteiger partial charge in [0.2, 0.25) is 11.9 Å². The second kappa shape index (κ2) is 9.64. The van der Waals surface area contributed by atoms with Crippen molar-refractivity contribution in [1.29, 1.82) is 0 Å². The number of nitrogens with zero attached hydrogens (tertiary/aromatic N) is 3. The normalized spacial score (nSPS) is 15.9. The highest BCUT2D eigenvalue weighted by molar-refractivity contribution is 5.96. The molecule has 1 atom stereocenters. The minimum Gasteiger partial charge on any atom is -0.497 e. The number of ether oxygens (including phenoxy) is 1. The predicted octanol–water partition coefficient (Wildman–Crippen LogP) is 3.70. The third-order valence-electron chi connectivity index (χ3n) is 5.57. The molecule has 3 aromatic rings. The van der Waals surface area contributed by atoms with Crippen molar-refractivity contribution in [3.05, 3.63) is 54.2 Å². The maximum atomic E-state index is 13.0. The first-order valence-electron chi connectivity index (χ1n) is 10.8. The fourth-order valence-electron chi connectivity index (χ4n) is 3.79. The number of rotatable bonds is 6. The molecule has 32 heavy (non-hydrogen) atoms. The monoisotopic (exact) mass is 433 g/mol. The van der Waals surface area contributed by atoms with Crippen LogP contribution in [0.2, 0.25) is 0 Å². The topological polar surface area (TPSA) is 96.5 Å². The minimum atomic E-state index is -0.0524. The second-order valence-corrected chi connectivity index (χ2v) is 7.83. The number of aromatic nitrogens is 2. The molecule has 1 aliphatic heterocycles. The molecule has 4 rings (SSSR count). The highest BCUT2D eigenvalue weighted by Gasteiger charge is 2.25. The van der Waals surface area contributed by atoms with Gasteiger partial charge in [0.05, 0.1) is 12.6 Å². The lowest BCUT2D eigenvalue weighted by Gasteiger charge is -2.33. The molecule has 2 heterocycles. The molecule has 1 aromatic heterocycles. The van der Waals surface area contributed by atoms with Gasteiger partial charge in [-0.15, -0.1) is 0 Å². The molecule has 2 amide bonds. The van der Waals surface area contributed by atoms with E-state index >= 15 is 0 Å². The van der Waals surface area contributed by atoms with Gasteiger partial charge in [0.25, 0.3) is 5.91 Å². The minimum absolute atomic E-state index is 0.0194. The quantitative estimate of drug-likeness (QED) is 0.615. The number of nitrogens with one attached hydrogen (secondary N) is 2. The smallest absolute Gasteiger partial charge is 0.253 e. The van der Waals surface area contributed by atoms with Crippen molar-refractivity contribution in [2.75, 3.05) is 30.8 Å². The van der Waals surface area contributed by atoms with E-state index in [1.807, 2.05) is 23.1 Å². The van der Waals surface area contributed by atoms with E-state index in [-0.39, 0.29) is 17.9 Å². The number of likely N-dealkylation sites (tertiary alicyclic amines) is 1. The van der Waals surface area contributed by atoms with Crippen LogP contribution in [0.3, 0.4) is 0 Å². The van der Waals surface area contributed by atoms with E-state index in [9.17, 15) is 9.59 Å². The summed E-state index contributed by atoms with van der Waals surface area (Å²) in [5.74, 6) is 1.22. The van der Waals surface area contributed by atoms with Crippen LogP contribution in [0, 0.1) is 0 Å². The molecule has 1 saturated heterocycles. The Balaban J connectivity index is 1.41. The molecule has 2 N–H and O–H groups in total. The van der Waals surface area contributed by atoms with Gasteiger partial charge in [-0.2, -0.15) is 0 Å². The van der Waals surface area contributed by atoms with Gasteiger partial charge in [-0.05, 0) is 49.2 Å². The standard InChI is InChI=1S/C24H27N5O3/c1-3-22(30)26-18-9-6-16(7-10-18)23(31)29-12-4-5-19(15-29)27-24-25-14-17-8-11-20(32-2)13-21(17)28-24/h6-11,13-14,19H,3-5,12,15H2,1-2H3,(H,26,30)(H,25,27,28)/t19-/m1/s1. The van der Waals surface area contributed by atoms with E-state index in [2.05, 4.69) is 20.6 Å². The van der Waals surface area contributed by atoms with Crippen LogP contribution in [-0.2, 0) is 4.79 Å². The van der Waals surface area contributed by atoms with Crippen molar-refractivity contribution < 1.29 is 14.3 Å². The van der Waals surface area contributed by atoms with Crippen molar-refractivity contribution in [3.63, 3.8) is 0 Å². The summed E-state index contributed by atoms with van der Waals surface area (Å²) in [7, 11) is 1.63. The van der Waals surface area contributed by atoms with Crippen LogP contribution < -0.4 is 15.4 Å². The Morgan fingerprint density at radius 2 is 2.00 bits per heavy atom. The maximum absolute atomic E-state index is 13.0. The number of hydrogen-bond donors (Lipinski definition) is 2. The SMILES string of the molecule is CCC(=O)Nc1ccc(C(=O)N2CCC[C@@H](Nc3ncc4ccc(OC)cc4n3)C2)cc1. The predicted molar refractivity (Wildman–Crippen MR) is 124 cm³/mol. The van der Waals surface area contributed by atoms with Crippen molar-refractivity contribution in [3.8, 4) is 5.75 Å². The Hall–Kier alpha value is -3.68. The van der Waals surface area contributed by atoms with E-state index in [0.29, 0.717) is 36.7 Å². The molecule has 0 saturated carbocycles. The largest absolute Gasteiger partial charge is 0.497 e. The third-order valence-corrected chi connectivity index (χ3v) is 5.57. The molecule has 0 aliphatic carbocycles. The lowest BCUT2D eigenvalue weighted by atomic mass is 10.0. The maximum Gasteiger partial charge on any atom is 0.253 e. The van der Waals surface area contributed by atoms with E-state index < -0.39 is 0 Å². The van der Waals surface area contributed by atoms with Crippen molar-refractivity contribution in [1.82, 2.24) is 14.9 Å². The molecule has 1 fully saturated rings. The van der Waals surface area contributed by atoms with Gasteiger partial charge in [-0.25, -0.2) is 9.97 Å². The fourth-order valence-corrected chi connectivity index (χ4v) is 3.79. The molecule has 1 aliphatic rings. The van der Waals surface area contributed by atoms with Crippen LogP contribution >= 0.6 is 0 Å². The Morgan fingerprint density at radius 3 is 2.75 bits per heavy atom. The van der Waals surface area contributed by atoms with Crippen LogP contribution in [0.15, 0.2) is 48.7 Å². The number of benzene rings is 2. The summed E-state index contributed by atoms with van der Waals surface area (Å²) in [6.45, 7) is 3.08. The van der Waals surface area contributed by atoms with Gasteiger partial charge in [0.1, 0.15) is 5.75 Å². The van der Waals surface area contributed by atoms with Gasteiger partial charge < -0.3 is 20.3 Å². The molecule has 8 nitrogen and oxygen atoms in total. The molecular formula is C24H27N5O3. The Labute approximate surface area is 187 Å². The zero-order chi connectivity index (χ0) is 22.5. The number of carbonyl (C=O) groups is 2. The van der Waals surface area contributed by atoms with Crippen molar-refractivity contribution >= 4 is 34.4 Å². The molecule has 0 spiro atoms. The van der Waals surface area contributed by atoms with E-state index in [0.717, 1.165) is 29.5 Å². The molecule has 0 unspecified atom stereocenters. The number of methoxy groups -OCH3 is 1. The Kier molecular flexibility index (Phi) is 6.49. The zero-order valence-corrected chi connectivity index (χ0v) is 18.3. The van der Waals surface area contributed by atoms with Crippen LogP contribution in [0.5, 0.6) is 5.75 Å². The molecular weight excluding hydrogens is 406 g/mol. The highest BCUT2D eigenvalue weighted by atomic mass is 16.5. The van der Waals surface area contributed by atoms with Crippen LogP contribution in [-0.4, -0.2) is 52.9 Å². The van der Waals surface area contributed by atoms with Gasteiger partial charge in [0, 0.05) is 54.5 Å². The third kappa shape index (κ3) is 4.96. The first kappa shape index (κ1) is 21.5. The van der Waals surface area contributed by atoms with Gasteiger partial charge >= 0.3 is 0 Å². The Bertz CT molecular complexity index is 1120. The number of anilines is 2. The first-order valence-corrected chi connectivity index (χ1v) is 10.8. The summed E-state index contributed by atoms with van der Waals surface area (Å²) < 4.78 is 5.28. The molecule has 0 radical (unpaired) electrons. The van der Waals surface area contributed by atoms with Crippen molar-refractivity contribution in [2.24, 2.45) is 0 Å². The molecule has 166 valence electrons. The zero-order valence-electron chi connectivity index (χ0n) is 18.3. The lowest BCUT2D eigenvalue weighted by Crippen LogP contribution is -2.45. The second-order valence-electron chi connectivity index (χ2n) is 7.83. The number of carbonyl (C=O) groups excluding carboxylic acids is 2. The van der Waals surface area contributed by atoms with Crippen LogP contribution in [0.4, 0.5) is 11.6 Å².